The summed E-state index contributed by atoms with van der Waals surface area (Å²) in [6.45, 7) is 3.49. The molecule has 4 rings (SSSR count). The van der Waals surface area contributed by atoms with Crippen LogP contribution in [0, 0.1) is 24.0 Å². The average molecular weight is 463 g/mol. The normalized spacial score (nSPS) is 13.9. The second-order valence-electron chi connectivity index (χ2n) is 8.50. The number of nitro groups is 1. The maximum Gasteiger partial charge on any atom is 0.278 e. The summed E-state index contributed by atoms with van der Waals surface area (Å²) in [6.07, 6.45) is 5.52. The fourth-order valence-electron chi connectivity index (χ4n) is 4.16. The zero-order chi connectivity index (χ0) is 24.2. The lowest BCUT2D eigenvalue weighted by Gasteiger charge is -2.23. The molecule has 3 aromatic rings. The Morgan fingerprint density at radius 2 is 1.82 bits per heavy atom. The Balaban J connectivity index is 1.47. The van der Waals surface area contributed by atoms with Gasteiger partial charge in [-0.15, -0.1) is 5.10 Å². The number of carbonyl (C=O) groups excluding carboxylic acids is 2. The van der Waals surface area contributed by atoms with Crippen LogP contribution in [0.3, 0.4) is 0 Å². The number of non-ortho nitro benzene ring substituents is 1. The highest BCUT2D eigenvalue weighted by Crippen LogP contribution is 2.22. The molecule has 1 aromatic heterocycles. The van der Waals surface area contributed by atoms with E-state index in [2.05, 4.69) is 20.9 Å². The molecule has 1 saturated carbocycles. The van der Waals surface area contributed by atoms with Crippen molar-refractivity contribution in [1.82, 2.24) is 20.3 Å². The topological polar surface area (TPSA) is 132 Å². The molecule has 0 radical (unpaired) electrons. The van der Waals surface area contributed by atoms with Gasteiger partial charge in [0.15, 0.2) is 5.69 Å². The molecule has 0 aliphatic heterocycles. The van der Waals surface area contributed by atoms with Gasteiger partial charge < -0.3 is 10.6 Å². The van der Waals surface area contributed by atoms with Crippen molar-refractivity contribution >= 4 is 23.2 Å². The van der Waals surface area contributed by atoms with Crippen molar-refractivity contribution < 1.29 is 14.5 Å². The number of hydrogen-bond donors (Lipinski definition) is 2. The van der Waals surface area contributed by atoms with E-state index in [0.717, 1.165) is 31.2 Å². The van der Waals surface area contributed by atoms with E-state index in [0.29, 0.717) is 22.6 Å². The molecule has 0 spiro atoms. The van der Waals surface area contributed by atoms with Gasteiger partial charge in [0.1, 0.15) is 0 Å². The molecule has 1 fully saturated rings. The van der Waals surface area contributed by atoms with Crippen LogP contribution in [0.15, 0.2) is 42.5 Å². The maximum absolute atomic E-state index is 12.9. The molecule has 10 nitrogen and oxygen atoms in total. The van der Waals surface area contributed by atoms with E-state index in [1.54, 1.807) is 37.3 Å². The summed E-state index contributed by atoms with van der Waals surface area (Å²) in [5.74, 6) is -0.569. The molecule has 1 heterocycles. The standard InChI is InChI=1S/C24H26N6O4/c1-15-13-17(23(31)25-18-7-4-3-5-8-18)11-12-21(15)26-24(32)22-16(2)29(28-27-22)19-9-6-10-20(14-19)30(33)34/h6,9-14,18H,3-5,7-8H2,1-2H3,(H,25,31)(H,26,32). The third-order valence-electron chi connectivity index (χ3n) is 6.07. The van der Waals surface area contributed by atoms with Crippen LogP contribution in [0.4, 0.5) is 11.4 Å². The quantitative estimate of drug-likeness (QED) is 0.419. The van der Waals surface area contributed by atoms with E-state index in [1.807, 2.05) is 6.92 Å². The predicted octanol–water partition coefficient (Wildman–Crippen LogP) is 4.11. The average Bonchev–Trinajstić information content (AvgIpc) is 3.22. The van der Waals surface area contributed by atoms with E-state index < -0.39 is 10.8 Å². The van der Waals surface area contributed by atoms with Crippen LogP contribution in [0.2, 0.25) is 0 Å². The smallest absolute Gasteiger partial charge is 0.278 e. The highest BCUT2D eigenvalue weighted by Gasteiger charge is 2.20. The lowest BCUT2D eigenvalue weighted by Crippen LogP contribution is -2.36. The number of nitrogens with one attached hydrogen (secondary N) is 2. The fourth-order valence-corrected chi connectivity index (χ4v) is 4.16. The number of nitro benzene ring substituents is 1. The van der Waals surface area contributed by atoms with Gasteiger partial charge in [-0.2, -0.15) is 0 Å². The Morgan fingerprint density at radius 3 is 2.53 bits per heavy atom. The van der Waals surface area contributed by atoms with Gasteiger partial charge in [0, 0.05) is 29.4 Å². The predicted molar refractivity (Wildman–Crippen MR) is 126 cm³/mol. The minimum Gasteiger partial charge on any atom is -0.349 e. The molecule has 1 aliphatic carbocycles. The van der Waals surface area contributed by atoms with Crippen molar-refractivity contribution in [3.8, 4) is 5.69 Å². The molecule has 176 valence electrons. The lowest BCUT2D eigenvalue weighted by atomic mass is 9.95. The molecule has 2 amide bonds. The van der Waals surface area contributed by atoms with Crippen LogP contribution < -0.4 is 10.6 Å². The number of anilines is 1. The number of nitrogens with zero attached hydrogens (tertiary/aromatic N) is 4. The molecule has 0 bridgehead atoms. The molecule has 2 N–H and O–H groups in total. The Kier molecular flexibility index (Phi) is 6.67. The SMILES string of the molecule is Cc1cc(C(=O)NC2CCCCC2)ccc1NC(=O)c1nnn(-c2cccc([N+](=O)[O-])c2)c1C. The van der Waals surface area contributed by atoms with Crippen molar-refractivity contribution in [3.63, 3.8) is 0 Å². The van der Waals surface area contributed by atoms with Crippen LogP contribution in [0.1, 0.15) is 64.2 Å². The Labute approximate surface area is 196 Å². The van der Waals surface area contributed by atoms with Crippen molar-refractivity contribution in [2.45, 2.75) is 52.0 Å². The van der Waals surface area contributed by atoms with E-state index in [4.69, 9.17) is 0 Å². The van der Waals surface area contributed by atoms with Crippen LogP contribution in [-0.4, -0.2) is 37.8 Å². The summed E-state index contributed by atoms with van der Waals surface area (Å²) in [7, 11) is 0. The van der Waals surface area contributed by atoms with Gasteiger partial charge in [-0.05, 0) is 56.5 Å². The summed E-state index contributed by atoms with van der Waals surface area (Å²) in [6, 6.07) is 11.3. The largest absolute Gasteiger partial charge is 0.349 e. The summed E-state index contributed by atoms with van der Waals surface area (Å²) in [5.41, 5.74) is 2.75. The number of aryl methyl sites for hydroxylation is 1. The van der Waals surface area contributed by atoms with Crippen molar-refractivity contribution in [1.29, 1.82) is 0 Å². The van der Waals surface area contributed by atoms with Gasteiger partial charge in [0.2, 0.25) is 0 Å². The molecule has 0 saturated heterocycles. The third kappa shape index (κ3) is 4.95. The summed E-state index contributed by atoms with van der Waals surface area (Å²) >= 11 is 0. The van der Waals surface area contributed by atoms with Gasteiger partial charge in [-0.1, -0.05) is 30.5 Å². The second kappa shape index (κ2) is 9.82. The van der Waals surface area contributed by atoms with E-state index >= 15 is 0 Å². The van der Waals surface area contributed by atoms with E-state index in [1.165, 1.54) is 23.2 Å². The van der Waals surface area contributed by atoms with Gasteiger partial charge >= 0.3 is 0 Å². The number of hydrogen-bond acceptors (Lipinski definition) is 6. The molecule has 10 heteroatoms. The fraction of sp³-hybridized carbons (Fsp3) is 0.333. The number of rotatable bonds is 6. The van der Waals surface area contributed by atoms with Crippen LogP contribution in [0.5, 0.6) is 0 Å². The Bertz CT molecular complexity index is 1250. The first-order valence-electron chi connectivity index (χ1n) is 11.2. The molecule has 2 aromatic carbocycles. The molecule has 34 heavy (non-hydrogen) atoms. The minimum atomic E-state index is -0.495. The summed E-state index contributed by atoms with van der Waals surface area (Å²) in [4.78, 5) is 36.0. The van der Waals surface area contributed by atoms with E-state index in [9.17, 15) is 19.7 Å². The number of benzene rings is 2. The number of carbonyl (C=O) groups is 2. The maximum atomic E-state index is 12.9. The Morgan fingerprint density at radius 1 is 1.06 bits per heavy atom. The van der Waals surface area contributed by atoms with Crippen molar-refractivity contribution in [2.75, 3.05) is 5.32 Å². The first kappa shape index (κ1) is 23.1. The van der Waals surface area contributed by atoms with Gasteiger partial charge in [0.25, 0.3) is 17.5 Å². The lowest BCUT2D eigenvalue weighted by molar-refractivity contribution is -0.384. The highest BCUT2D eigenvalue weighted by molar-refractivity contribution is 6.04. The molecule has 0 unspecified atom stereocenters. The summed E-state index contributed by atoms with van der Waals surface area (Å²) < 4.78 is 1.38. The summed E-state index contributed by atoms with van der Waals surface area (Å²) in [5, 5.41) is 24.9. The van der Waals surface area contributed by atoms with E-state index in [-0.39, 0.29) is 23.3 Å². The van der Waals surface area contributed by atoms with Crippen LogP contribution in [0.25, 0.3) is 5.69 Å². The number of aromatic nitrogens is 3. The van der Waals surface area contributed by atoms with Crippen molar-refractivity contribution in [3.05, 3.63) is 75.1 Å². The van der Waals surface area contributed by atoms with Crippen LogP contribution >= 0.6 is 0 Å². The molecule has 0 atom stereocenters. The first-order chi connectivity index (χ1) is 16.3. The number of amides is 2. The Hall–Kier alpha value is -4.08. The zero-order valence-corrected chi connectivity index (χ0v) is 19.1. The van der Waals surface area contributed by atoms with Gasteiger partial charge in [-0.25, -0.2) is 4.68 Å². The van der Waals surface area contributed by atoms with Crippen LogP contribution in [-0.2, 0) is 0 Å². The molecular weight excluding hydrogens is 436 g/mol. The zero-order valence-electron chi connectivity index (χ0n) is 19.1. The third-order valence-corrected chi connectivity index (χ3v) is 6.07. The second-order valence-corrected chi connectivity index (χ2v) is 8.50. The highest BCUT2D eigenvalue weighted by atomic mass is 16.6. The molecular formula is C24H26N6O4. The monoisotopic (exact) mass is 462 g/mol. The first-order valence-corrected chi connectivity index (χ1v) is 11.2. The van der Waals surface area contributed by atoms with Crippen molar-refractivity contribution in [2.24, 2.45) is 0 Å². The van der Waals surface area contributed by atoms with Gasteiger partial charge in [0.05, 0.1) is 16.3 Å². The minimum absolute atomic E-state index is 0.0818. The molecule has 1 aliphatic rings. The van der Waals surface area contributed by atoms with Gasteiger partial charge in [-0.3, -0.25) is 19.7 Å².